The Labute approximate surface area is 91.9 Å². The van der Waals surface area contributed by atoms with Crippen LogP contribution in [0.5, 0.6) is 0 Å². The molecule has 0 aromatic heterocycles. The number of rotatable bonds is 1. The highest BCUT2D eigenvalue weighted by Crippen LogP contribution is 2.17. The van der Waals surface area contributed by atoms with Crippen LogP contribution in [0.1, 0.15) is 20.8 Å². The van der Waals surface area contributed by atoms with Crippen molar-refractivity contribution in [2.45, 2.75) is 32.4 Å². The van der Waals surface area contributed by atoms with E-state index >= 15 is 0 Å². The fourth-order valence-corrected chi connectivity index (χ4v) is 1.12. The number of imide groups is 1. The van der Waals surface area contributed by atoms with Gasteiger partial charge in [0.15, 0.2) is 6.04 Å². The molecular formula is C9H13NO6. The molecule has 1 aliphatic rings. The third-order valence-corrected chi connectivity index (χ3v) is 1.75. The van der Waals surface area contributed by atoms with Gasteiger partial charge in [-0.05, 0) is 20.8 Å². The topological polar surface area (TPSA) is 93.1 Å². The summed E-state index contributed by atoms with van der Waals surface area (Å²) >= 11 is 0. The molecule has 1 rings (SSSR count). The first-order chi connectivity index (χ1) is 7.22. The Bertz CT molecular complexity index is 331. The average Bonchev–Trinajstić information content (AvgIpc) is 2.43. The number of carbonyl (C=O) groups excluding carboxylic acids is 2. The van der Waals surface area contributed by atoms with Crippen molar-refractivity contribution in [1.82, 2.24) is 4.90 Å². The van der Waals surface area contributed by atoms with Crippen LogP contribution < -0.4 is 0 Å². The van der Waals surface area contributed by atoms with E-state index in [4.69, 9.17) is 9.84 Å². The molecule has 0 aromatic rings. The second-order valence-corrected chi connectivity index (χ2v) is 4.28. The van der Waals surface area contributed by atoms with Gasteiger partial charge in [-0.1, -0.05) is 0 Å². The summed E-state index contributed by atoms with van der Waals surface area (Å²) < 4.78 is 9.38. The Morgan fingerprint density at radius 1 is 1.50 bits per heavy atom. The predicted octanol–water partition coefficient (Wildman–Crippen LogP) is 0.827. The molecule has 1 aliphatic heterocycles. The van der Waals surface area contributed by atoms with Gasteiger partial charge in [-0.25, -0.2) is 14.4 Å². The smallest absolute Gasteiger partial charge is 0.420 e. The van der Waals surface area contributed by atoms with Crippen LogP contribution in [0.4, 0.5) is 9.59 Å². The zero-order chi connectivity index (χ0) is 12.5. The van der Waals surface area contributed by atoms with E-state index in [0.29, 0.717) is 4.90 Å². The average molecular weight is 231 g/mol. The van der Waals surface area contributed by atoms with E-state index in [-0.39, 0.29) is 6.61 Å². The number of ether oxygens (including phenoxy) is 2. The van der Waals surface area contributed by atoms with Crippen molar-refractivity contribution in [2.24, 2.45) is 0 Å². The summed E-state index contributed by atoms with van der Waals surface area (Å²) in [7, 11) is 0. The Morgan fingerprint density at radius 3 is 2.50 bits per heavy atom. The van der Waals surface area contributed by atoms with Crippen molar-refractivity contribution in [3.05, 3.63) is 0 Å². The van der Waals surface area contributed by atoms with Crippen LogP contribution in [0, 0.1) is 0 Å². The van der Waals surface area contributed by atoms with Crippen LogP contribution in [0.25, 0.3) is 0 Å². The molecule has 0 aromatic carbocycles. The van der Waals surface area contributed by atoms with E-state index in [1.165, 1.54) is 0 Å². The normalized spacial score (nSPS) is 20.6. The maximum absolute atomic E-state index is 11.5. The summed E-state index contributed by atoms with van der Waals surface area (Å²) in [4.78, 5) is 33.9. The third kappa shape index (κ3) is 2.62. The van der Waals surface area contributed by atoms with Crippen LogP contribution in [-0.4, -0.2) is 46.4 Å². The van der Waals surface area contributed by atoms with Gasteiger partial charge in [-0.2, -0.15) is 4.90 Å². The molecule has 1 saturated heterocycles. The van der Waals surface area contributed by atoms with E-state index in [1.807, 2.05) is 0 Å². The van der Waals surface area contributed by atoms with Crippen LogP contribution in [-0.2, 0) is 14.3 Å². The van der Waals surface area contributed by atoms with Crippen molar-refractivity contribution in [3.8, 4) is 0 Å². The second-order valence-electron chi connectivity index (χ2n) is 4.28. The third-order valence-electron chi connectivity index (χ3n) is 1.75. The van der Waals surface area contributed by atoms with Crippen molar-refractivity contribution < 1.29 is 29.0 Å². The molecular weight excluding hydrogens is 218 g/mol. The summed E-state index contributed by atoms with van der Waals surface area (Å²) in [6.45, 7) is 4.49. The molecule has 16 heavy (non-hydrogen) atoms. The summed E-state index contributed by atoms with van der Waals surface area (Å²) in [5, 5.41) is 8.77. The molecule has 7 heteroatoms. The van der Waals surface area contributed by atoms with Crippen molar-refractivity contribution in [1.29, 1.82) is 0 Å². The van der Waals surface area contributed by atoms with Gasteiger partial charge in [0.05, 0.1) is 0 Å². The molecule has 1 atom stereocenters. The first-order valence-electron chi connectivity index (χ1n) is 4.64. The number of amides is 2. The highest BCUT2D eigenvalue weighted by molar-refractivity contribution is 5.95. The van der Waals surface area contributed by atoms with Crippen LogP contribution in [0.2, 0.25) is 0 Å². The molecule has 1 unspecified atom stereocenters. The Kier molecular flexibility index (Phi) is 3.06. The number of hydrogen-bond donors (Lipinski definition) is 1. The number of aliphatic carboxylic acids is 1. The Balaban J connectivity index is 2.80. The first-order valence-corrected chi connectivity index (χ1v) is 4.64. The lowest BCUT2D eigenvalue weighted by Crippen LogP contribution is -2.45. The summed E-state index contributed by atoms with van der Waals surface area (Å²) in [5.74, 6) is -1.31. The van der Waals surface area contributed by atoms with E-state index in [1.54, 1.807) is 20.8 Å². The van der Waals surface area contributed by atoms with Gasteiger partial charge in [0.25, 0.3) is 0 Å². The van der Waals surface area contributed by atoms with Crippen molar-refractivity contribution in [3.63, 3.8) is 0 Å². The summed E-state index contributed by atoms with van der Waals surface area (Å²) in [5.41, 5.74) is -0.803. The monoisotopic (exact) mass is 231 g/mol. The zero-order valence-electron chi connectivity index (χ0n) is 9.22. The largest absolute Gasteiger partial charge is 0.480 e. The maximum Gasteiger partial charge on any atom is 0.420 e. The quantitative estimate of drug-likeness (QED) is 0.718. The SMILES string of the molecule is CC(C)(C)OC(=O)N1C(=O)OCC1C(=O)O. The highest BCUT2D eigenvalue weighted by Gasteiger charge is 2.44. The molecule has 0 aliphatic carbocycles. The number of carboxylic acids is 1. The number of cyclic esters (lactones) is 1. The number of carboxylic acid groups (broad SMARTS) is 1. The van der Waals surface area contributed by atoms with Gasteiger partial charge in [0.1, 0.15) is 12.2 Å². The van der Waals surface area contributed by atoms with Gasteiger partial charge >= 0.3 is 18.2 Å². The predicted molar refractivity (Wildman–Crippen MR) is 50.8 cm³/mol. The fourth-order valence-electron chi connectivity index (χ4n) is 1.12. The minimum atomic E-state index is -1.32. The van der Waals surface area contributed by atoms with Gasteiger partial charge in [0, 0.05) is 0 Å². The lowest BCUT2D eigenvalue weighted by Gasteiger charge is -2.23. The number of nitrogens with zero attached hydrogens (tertiary/aromatic N) is 1. The molecule has 0 bridgehead atoms. The lowest BCUT2D eigenvalue weighted by atomic mass is 10.2. The van der Waals surface area contributed by atoms with Crippen LogP contribution in [0.15, 0.2) is 0 Å². The van der Waals surface area contributed by atoms with Gasteiger partial charge in [-0.3, -0.25) is 0 Å². The molecule has 2 amide bonds. The molecule has 1 fully saturated rings. The first kappa shape index (κ1) is 12.3. The Morgan fingerprint density at radius 2 is 2.06 bits per heavy atom. The lowest BCUT2D eigenvalue weighted by molar-refractivity contribution is -0.141. The zero-order valence-corrected chi connectivity index (χ0v) is 9.22. The molecule has 0 spiro atoms. The number of hydrogen-bond acceptors (Lipinski definition) is 5. The minimum Gasteiger partial charge on any atom is -0.480 e. The van der Waals surface area contributed by atoms with E-state index < -0.39 is 29.8 Å². The van der Waals surface area contributed by atoms with Gasteiger partial charge in [0.2, 0.25) is 0 Å². The second kappa shape index (κ2) is 3.99. The summed E-state index contributed by atoms with van der Waals surface area (Å²) in [6, 6.07) is -1.32. The molecule has 90 valence electrons. The molecule has 0 radical (unpaired) electrons. The molecule has 1 N–H and O–H groups in total. The fraction of sp³-hybridized carbons (Fsp3) is 0.667. The standard InChI is InChI=1S/C9H13NO6/c1-9(2,3)16-8(14)10-5(6(11)12)4-15-7(10)13/h5H,4H2,1-3H3,(H,11,12). The van der Waals surface area contributed by atoms with E-state index in [0.717, 1.165) is 0 Å². The molecule has 7 nitrogen and oxygen atoms in total. The molecule has 0 saturated carbocycles. The number of carbonyl (C=O) groups is 3. The summed E-state index contributed by atoms with van der Waals surface area (Å²) in [6.07, 6.45) is -2.01. The van der Waals surface area contributed by atoms with E-state index in [9.17, 15) is 14.4 Å². The van der Waals surface area contributed by atoms with Gasteiger partial charge in [-0.15, -0.1) is 0 Å². The molecule has 1 heterocycles. The van der Waals surface area contributed by atoms with Crippen LogP contribution >= 0.6 is 0 Å². The van der Waals surface area contributed by atoms with Crippen molar-refractivity contribution in [2.75, 3.05) is 6.61 Å². The maximum atomic E-state index is 11.5. The minimum absolute atomic E-state index is 0.354. The van der Waals surface area contributed by atoms with Crippen molar-refractivity contribution >= 4 is 18.2 Å². The van der Waals surface area contributed by atoms with Gasteiger partial charge < -0.3 is 14.6 Å². The Hall–Kier alpha value is -1.79. The van der Waals surface area contributed by atoms with E-state index in [2.05, 4.69) is 4.74 Å². The van der Waals surface area contributed by atoms with Crippen LogP contribution in [0.3, 0.4) is 0 Å². The highest BCUT2D eigenvalue weighted by atomic mass is 16.6.